The van der Waals surface area contributed by atoms with Crippen LogP contribution in [0, 0.1) is 0 Å². The maximum absolute atomic E-state index is 6.05. The van der Waals surface area contributed by atoms with Crippen molar-refractivity contribution in [1.29, 1.82) is 0 Å². The fourth-order valence-corrected chi connectivity index (χ4v) is 2.71. The number of hydrogen-bond acceptors (Lipinski definition) is 6. The number of piperazine rings is 1. The topological polar surface area (TPSA) is 83.5 Å². The monoisotopic (exact) mass is 431 g/mol. The van der Waals surface area contributed by atoms with Crippen LogP contribution in [0.4, 0.5) is 5.95 Å². The van der Waals surface area contributed by atoms with E-state index in [0.717, 1.165) is 37.1 Å². The molecule has 0 aliphatic carbocycles. The zero-order valence-corrected chi connectivity index (χ0v) is 15.1. The van der Waals surface area contributed by atoms with Crippen LogP contribution in [0.2, 0.25) is 0 Å². The van der Waals surface area contributed by atoms with Crippen LogP contribution >= 0.6 is 35.3 Å². The predicted octanol–water partition coefficient (Wildman–Crippen LogP) is 1.19. The van der Waals surface area contributed by atoms with Crippen molar-refractivity contribution >= 4 is 47.2 Å². The van der Waals surface area contributed by atoms with Crippen LogP contribution in [0.3, 0.4) is 0 Å². The molecule has 118 valence electrons. The number of nitrogens with zero attached hydrogens (tertiary/aromatic N) is 6. The van der Waals surface area contributed by atoms with Crippen LogP contribution in [0.15, 0.2) is 35.0 Å². The zero-order valence-electron chi connectivity index (χ0n) is 12.0. The highest BCUT2D eigenvalue weighted by Gasteiger charge is 2.19. The number of thiazole rings is 1. The largest absolute Gasteiger partial charge is 0.370 e. The summed E-state index contributed by atoms with van der Waals surface area (Å²) in [7, 11) is 0. The summed E-state index contributed by atoms with van der Waals surface area (Å²) in [5, 5.41) is 2.92. The van der Waals surface area contributed by atoms with Gasteiger partial charge in [0.2, 0.25) is 5.95 Å². The minimum Gasteiger partial charge on any atom is -0.370 e. The van der Waals surface area contributed by atoms with E-state index in [2.05, 4.69) is 29.7 Å². The molecule has 0 unspecified atom stereocenters. The minimum atomic E-state index is 0. The Balaban J connectivity index is 0.00000176. The Morgan fingerprint density at radius 1 is 1.14 bits per heavy atom. The van der Waals surface area contributed by atoms with Crippen molar-refractivity contribution in [3.8, 4) is 0 Å². The number of rotatable bonds is 3. The summed E-state index contributed by atoms with van der Waals surface area (Å²) in [6, 6.07) is 1.82. The van der Waals surface area contributed by atoms with Crippen LogP contribution < -0.4 is 10.6 Å². The average molecular weight is 431 g/mol. The van der Waals surface area contributed by atoms with Crippen molar-refractivity contribution < 1.29 is 0 Å². The van der Waals surface area contributed by atoms with Crippen LogP contribution in [-0.4, -0.2) is 52.0 Å². The molecule has 2 N–H and O–H groups in total. The lowest BCUT2D eigenvalue weighted by atomic mass is 10.3. The Morgan fingerprint density at radius 3 is 2.50 bits per heavy atom. The fraction of sp³-hybridized carbons (Fsp3) is 0.385. The van der Waals surface area contributed by atoms with Crippen LogP contribution in [-0.2, 0) is 6.54 Å². The summed E-state index contributed by atoms with van der Waals surface area (Å²) in [5.41, 5.74) is 6.05. The molecule has 9 heteroatoms. The van der Waals surface area contributed by atoms with Crippen LogP contribution in [0.5, 0.6) is 0 Å². The molecule has 0 radical (unpaired) electrons. The van der Waals surface area contributed by atoms with Crippen molar-refractivity contribution in [3.63, 3.8) is 0 Å². The van der Waals surface area contributed by atoms with Crippen molar-refractivity contribution in [1.82, 2.24) is 19.9 Å². The molecule has 0 saturated carbocycles. The fourth-order valence-electron chi connectivity index (χ4n) is 2.17. The molecular formula is C13H18IN7S. The second-order valence-electron chi connectivity index (χ2n) is 4.62. The summed E-state index contributed by atoms with van der Waals surface area (Å²) < 4.78 is 0. The lowest BCUT2D eigenvalue weighted by molar-refractivity contribution is 0.378. The molecule has 1 saturated heterocycles. The van der Waals surface area contributed by atoms with E-state index in [-0.39, 0.29) is 24.0 Å². The third kappa shape index (κ3) is 4.26. The van der Waals surface area contributed by atoms with Crippen molar-refractivity contribution in [2.45, 2.75) is 6.54 Å². The Labute approximate surface area is 150 Å². The first-order chi connectivity index (χ1) is 10.3. The van der Waals surface area contributed by atoms with E-state index < -0.39 is 0 Å². The van der Waals surface area contributed by atoms with Gasteiger partial charge in [-0.05, 0) is 6.07 Å². The second-order valence-corrected chi connectivity index (χ2v) is 5.60. The first-order valence-electron chi connectivity index (χ1n) is 6.78. The standard InChI is InChI=1S/C13H17N7S.HI/c14-12(18-10-11-15-4-9-21-11)19-5-7-20(8-6-19)13-16-2-1-3-17-13;/h1-4,9H,5-8,10H2,(H2,14,18);1H. The summed E-state index contributed by atoms with van der Waals surface area (Å²) >= 11 is 1.59. The van der Waals surface area contributed by atoms with Crippen molar-refractivity contribution in [2.75, 3.05) is 31.1 Å². The second kappa shape index (κ2) is 8.22. The zero-order chi connectivity index (χ0) is 14.5. The van der Waals surface area contributed by atoms with Crippen LogP contribution in [0.1, 0.15) is 5.01 Å². The molecule has 3 rings (SSSR count). The van der Waals surface area contributed by atoms with E-state index in [1.807, 2.05) is 11.4 Å². The number of aromatic nitrogens is 3. The number of halogens is 1. The van der Waals surface area contributed by atoms with Crippen molar-refractivity contribution in [2.24, 2.45) is 10.7 Å². The third-order valence-electron chi connectivity index (χ3n) is 3.30. The van der Waals surface area contributed by atoms with Gasteiger partial charge >= 0.3 is 0 Å². The van der Waals surface area contributed by atoms with Gasteiger partial charge in [0, 0.05) is 50.1 Å². The lowest BCUT2D eigenvalue weighted by Gasteiger charge is -2.35. The molecule has 22 heavy (non-hydrogen) atoms. The summed E-state index contributed by atoms with van der Waals surface area (Å²) in [4.78, 5) is 21.4. The molecule has 1 aliphatic rings. The minimum absolute atomic E-state index is 0. The van der Waals surface area contributed by atoms with Gasteiger partial charge < -0.3 is 15.5 Å². The molecule has 0 bridgehead atoms. The number of guanidine groups is 1. The first kappa shape index (κ1) is 16.9. The molecule has 0 atom stereocenters. The third-order valence-corrected chi connectivity index (χ3v) is 4.06. The van der Waals surface area contributed by atoms with E-state index in [4.69, 9.17) is 5.73 Å². The molecule has 3 heterocycles. The van der Waals surface area contributed by atoms with E-state index >= 15 is 0 Å². The van der Waals surface area contributed by atoms with E-state index in [0.29, 0.717) is 12.5 Å². The summed E-state index contributed by atoms with van der Waals surface area (Å²) in [6.45, 7) is 3.89. The quantitative estimate of drug-likeness (QED) is 0.447. The average Bonchev–Trinajstić information content (AvgIpc) is 3.07. The summed E-state index contributed by atoms with van der Waals surface area (Å²) in [5.74, 6) is 1.36. The Morgan fingerprint density at radius 2 is 1.86 bits per heavy atom. The maximum atomic E-state index is 6.05. The molecule has 2 aromatic rings. The molecule has 0 amide bonds. The number of nitrogens with two attached hydrogens (primary N) is 1. The Bertz CT molecular complexity index is 582. The van der Waals surface area contributed by atoms with Gasteiger partial charge in [0.05, 0.1) is 6.54 Å². The van der Waals surface area contributed by atoms with Gasteiger partial charge in [0.25, 0.3) is 0 Å². The van der Waals surface area contributed by atoms with Crippen LogP contribution in [0.25, 0.3) is 0 Å². The van der Waals surface area contributed by atoms with Gasteiger partial charge in [-0.3, -0.25) is 0 Å². The molecule has 0 aromatic carbocycles. The number of hydrogen-bond donors (Lipinski definition) is 1. The van der Waals surface area contributed by atoms with Gasteiger partial charge in [-0.15, -0.1) is 35.3 Å². The Hall–Kier alpha value is -1.49. The normalized spacial score (nSPS) is 15.5. The number of aliphatic imine (C=N–C) groups is 1. The highest BCUT2D eigenvalue weighted by molar-refractivity contribution is 14.0. The molecule has 0 spiro atoms. The lowest BCUT2D eigenvalue weighted by Crippen LogP contribution is -2.51. The van der Waals surface area contributed by atoms with Crippen molar-refractivity contribution in [3.05, 3.63) is 35.0 Å². The smallest absolute Gasteiger partial charge is 0.225 e. The van der Waals surface area contributed by atoms with E-state index in [9.17, 15) is 0 Å². The predicted molar refractivity (Wildman–Crippen MR) is 98.7 cm³/mol. The Kier molecular flexibility index (Phi) is 6.31. The molecule has 1 aliphatic heterocycles. The van der Waals surface area contributed by atoms with Gasteiger partial charge in [0.1, 0.15) is 5.01 Å². The highest BCUT2D eigenvalue weighted by Crippen LogP contribution is 2.10. The molecule has 2 aromatic heterocycles. The van der Waals surface area contributed by atoms with E-state index in [1.165, 1.54) is 0 Å². The molecular weight excluding hydrogens is 413 g/mol. The highest BCUT2D eigenvalue weighted by atomic mass is 127. The molecule has 1 fully saturated rings. The van der Waals surface area contributed by atoms with Gasteiger partial charge in [-0.2, -0.15) is 0 Å². The van der Waals surface area contributed by atoms with Gasteiger partial charge in [-0.25, -0.2) is 19.9 Å². The maximum Gasteiger partial charge on any atom is 0.225 e. The molecule has 7 nitrogen and oxygen atoms in total. The summed E-state index contributed by atoms with van der Waals surface area (Å²) in [6.07, 6.45) is 5.31. The van der Waals surface area contributed by atoms with Gasteiger partial charge in [-0.1, -0.05) is 0 Å². The van der Waals surface area contributed by atoms with E-state index in [1.54, 1.807) is 29.9 Å². The first-order valence-corrected chi connectivity index (χ1v) is 7.66. The SMILES string of the molecule is I.NC(=NCc1nccs1)N1CCN(c2ncccn2)CC1. The number of anilines is 1. The van der Waals surface area contributed by atoms with Gasteiger partial charge in [0.15, 0.2) is 5.96 Å².